The van der Waals surface area contributed by atoms with Gasteiger partial charge in [0.2, 0.25) is 0 Å². The van der Waals surface area contributed by atoms with E-state index in [9.17, 15) is 4.57 Å². The molecule has 0 aliphatic heterocycles. The van der Waals surface area contributed by atoms with Crippen LogP contribution in [0, 0.1) is 0 Å². The molecule has 3 N–H and O–H groups in total. The number of benzene rings is 1. The average molecular weight is 248 g/mol. The molecule has 0 saturated carbocycles. The third-order valence-electron chi connectivity index (χ3n) is 1.78. The number of H-pyrrole nitrogens is 1. The normalized spacial score (nSPS) is 11.9. The molecule has 15 heavy (non-hydrogen) atoms. The second kappa shape index (κ2) is 3.54. The molecule has 0 unspecified atom stereocenters. The Morgan fingerprint density at radius 1 is 1.33 bits per heavy atom. The molecule has 1 heterocycles. The quantitative estimate of drug-likeness (QED) is 0.711. The van der Waals surface area contributed by atoms with E-state index in [2.05, 4.69) is 9.51 Å². The van der Waals surface area contributed by atoms with Crippen molar-refractivity contribution in [2.75, 3.05) is 0 Å². The Hall–Kier alpha value is -1.00. The molecular formula is C8H7ClNO4P. The third-order valence-corrected chi connectivity index (χ3v) is 2.44. The molecule has 7 heteroatoms. The van der Waals surface area contributed by atoms with Crippen LogP contribution >= 0.6 is 19.4 Å². The van der Waals surface area contributed by atoms with E-state index in [4.69, 9.17) is 21.4 Å². The monoisotopic (exact) mass is 247 g/mol. The number of phosphoric ester groups is 1. The maximum atomic E-state index is 10.6. The van der Waals surface area contributed by atoms with Crippen LogP contribution in [0.3, 0.4) is 0 Å². The molecule has 0 atom stereocenters. The number of halogens is 1. The lowest BCUT2D eigenvalue weighted by Gasteiger charge is -2.05. The second-order valence-corrected chi connectivity index (χ2v) is 4.52. The van der Waals surface area contributed by atoms with Crippen molar-refractivity contribution < 1.29 is 18.9 Å². The molecular weight excluding hydrogens is 241 g/mol. The Morgan fingerprint density at radius 3 is 2.73 bits per heavy atom. The van der Waals surface area contributed by atoms with Crippen molar-refractivity contribution in [3.05, 3.63) is 29.4 Å². The third kappa shape index (κ3) is 2.52. The zero-order chi connectivity index (χ0) is 11.1. The first-order chi connectivity index (χ1) is 6.94. The molecule has 80 valence electrons. The number of fused-ring (bicyclic) bond motifs is 1. The second-order valence-electron chi connectivity index (χ2n) is 2.95. The first kappa shape index (κ1) is 10.5. The van der Waals surface area contributed by atoms with Crippen molar-refractivity contribution in [3.63, 3.8) is 0 Å². The fourth-order valence-corrected chi connectivity index (χ4v) is 1.88. The molecule has 0 aliphatic rings. The van der Waals surface area contributed by atoms with Gasteiger partial charge in [0.25, 0.3) is 0 Å². The van der Waals surface area contributed by atoms with E-state index in [1.54, 1.807) is 12.1 Å². The molecule has 0 radical (unpaired) electrons. The summed E-state index contributed by atoms with van der Waals surface area (Å²) in [5.74, 6) is 0.103. The predicted octanol–water partition coefficient (Wildman–Crippen LogP) is 2.29. The number of hydrogen-bond acceptors (Lipinski definition) is 2. The van der Waals surface area contributed by atoms with E-state index in [0.29, 0.717) is 5.15 Å². The first-order valence-corrected chi connectivity index (χ1v) is 5.88. The van der Waals surface area contributed by atoms with Crippen molar-refractivity contribution in [3.8, 4) is 5.75 Å². The van der Waals surface area contributed by atoms with Crippen LogP contribution in [0.1, 0.15) is 0 Å². The minimum absolute atomic E-state index is 0.103. The van der Waals surface area contributed by atoms with Crippen molar-refractivity contribution in [1.82, 2.24) is 4.98 Å². The van der Waals surface area contributed by atoms with Gasteiger partial charge in [-0.2, -0.15) is 0 Å². The zero-order valence-corrected chi connectivity index (χ0v) is 9.00. The van der Waals surface area contributed by atoms with Gasteiger partial charge in [0, 0.05) is 10.9 Å². The van der Waals surface area contributed by atoms with Crippen LogP contribution < -0.4 is 4.52 Å². The topological polar surface area (TPSA) is 82.6 Å². The fraction of sp³-hybridized carbons (Fsp3) is 0. The van der Waals surface area contributed by atoms with Crippen LogP contribution in [-0.2, 0) is 4.57 Å². The first-order valence-electron chi connectivity index (χ1n) is 3.97. The zero-order valence-electron chi connectivity index (χ0n) is 7.35. The van der Waals surface area contributed by atoms with E-state index in [-0.39, 0.29) is 5.75 Å². The van der Waals surface area contributed by atoms with Gasteiger partial charge in [0.05, 0.1) is 0 Å². The molecule has 0 spiro atoms. The lowest BCUT2D eigenvalue weighted by atomic mass is 10.2. The molecule has 2 rings (SSSR count). The van der Waals surface area contributed by atoms with Gasteiger partial charge >= 0.3 is 7.82 Å². The number of nitrogens with one attached hydrogen (secondary N) is 1. The largest absolute Gasteiger partial charge is 0.524 e. The molecule has 0 fully saturated rings. The fourth-order valence-electron chi connectivity index (χ4n) is 1.27. The van der Waals surface area contributed by atoms with Gasteiger partial charge < -0.3 is 9.51 Å². The summed E-state index contributed by atoms with van der Waals surface area (Å²) in [5, 5.41) is 1.18. The standard InChI is InChI=1S/C8H7ClNO4P/c9-8-4-5-3-6(14-15(11,12)13)1-2-7(5)10-8/h1-4,10H,(H2,11,12,13). The Bertz CT molecular complexity index is 547. The van der Waals surface area contributed by atoms with Gasteiger partial charge in [-0.1, -0.05) is 11.6 Å². The molecule has 1 aromatic heterocycles. The maximum absolute atomic E-state index is 10.6. The summed E-state index contributed by atoms with van der Waals surface area (Å²) >= 11 is 5.72. The van der Waals surface area contributed by atoms with E-state index in [1.165, 1.54) is 12.1 Å². The van der Waals surface area contributed by atoms with Gasteiger partial charge in [-0.15, -0.1) is 0 Å². The molecule has 1 aromatic carbocycles. The number of hydrogen-bond donors (Lipinski definition) is 3. The summed E-state index contributed by atoms with van der Waals surface area (Å²) in [6, 6.07) is 6.22. The van der Waals surface area contributed by atoms with Crippen molar-refractivity contribution in [2.24, 2.45) is 0 Å². The highest BCUT2D eigenvalue weighted by atomic mass is 35.5. The van der Waals surface area contributed by atoms with Gasteiger partial charge in [0.15, 0.2) is 0 Å². The SMILES string of the molecule is O=P(O)(O)Oc1ccc2[nH]c(Cl)cc2c1. The maximum Gasteiger partial charge on any atom is 0.524 e. The lowest BCUT2D eigenvalue weighted by molar-refractivity contribution is 0.283. The van der Waals surface area contributed by atoms with Crippen LogP contribution in [0.5, 0.6) is 5.75 Å². The minimum atomic E-state index is -4.50. The summed E-state index contributed by atoms with van der Waals surface area (Å²) in [4.78, 5) is 20.1. The summed E-state index contributed by atoms with van der Waals surface area (Å²) in [7, 11) is -4.50. The highest BCUT2D eigenvalue weighted by molar-refractivity contribution is 7.46. The number of aromatic nitrogens is 1. The van der Waals surface area contributed by atoms with Crippen molar-refractivity contribution in [1.29, 1.82) is 0 Å². The van der Waals surface area contributed by atoms with Crippen molar-refractivity contribution in [2.45, 2.75) is 0 Å². The van der Waals surface area contributed by atoms with Crippen LogP contribution in [-0.4, -0.2) is 14.8 Å². The number of phosphoric acid groups is 1. The summed E-state index contributed by atoms with van der Waals surface area (Å²) in [5.41, 5.74) is 0.776. The number of rotatable bonds is 2. The summed E-state index contributed by atoms with van der Waals surface area (Å²) < 4.78 is 15.0. The van der Waals surface area contributed by atoms with E-state index >= 15 is 0 Å². The molecule has 0 aliphatic carbocycles. The highest BCUT2D eigenvalue weighted by Gasteiger charge is 2.15. The van der Waals surface area contributed by atoms with Gasteiger partial charge in [0.1, 0.15) is 10.9 Å². The van der Waals surface area contributed by atoms with Gasteiger partial charge in [-0.3, -0.25) is 9.79 Å². The van der Waals surface area contributed by atoms with E-state index < -0.39 is 7.82 Å². The Kier molecular flexibility index (Phi) is 2.48. The lowest BCUT2D eigenvalue weighted by Crippen LogP contribution is -1.89. The van der Waals surface area contributed by atoms with Crippen LogP contribution in [0.4, 0.5) is 0 Å². The van der Waals surface area contributed by atoms with Crippen LogP contribution in [0.2, 0.25) is 5.15 Å². The smallest absolute Gasteiger partial charge is 0.404 e. The highest BCUT2D eigenvalue weighted by Crippen LogP contribution is 2.38. The minimum Gasteiger partial charge on any atom is -0.404 e. The molecule has 0 amide bonds. The molecule has 0 bridgehead atoms. The van der Waals surface area contributed by atoms with Crippen molar-refractivity contribution >= 4 is 30.3 Å². The molecule has 5 nitrogen and oxygen atoms in total. The van der Waals surface area contributed by atoms with Crippen LogP contribution in [0.25, 0.3) is 10.9 Å². The Balaban J connectivity index is 2.42. The number of aromatic amines is 1. The van der Waals surface area contributed by atoms with E-state index in [1.807, 2.05) is 0 Å². The average Bonchev–Trinajstić information content (AvgIpc) is 2.40. The predicted molar refractivity (Wildman–Crippen MR) is 56.0 cm³/mol. The van der Waals surface area contributed by atoms with Gasteiger partial charge in [-0.05, 0) is 24.3 Å². The Morgan fingerprint density at radius 2 is 2.07 bits per heavy atom. The van der Waals surface area contributed by atoms with Crippen LogP contribution in [0.15, 0.2) is 24.3 Å². The molecule has 0 saturated heterocycles. The molecule has 2 aromatic rings. The van der Waals surface area contributed by atoms with Gasteiger partial charge in [-0.25, -0.2) is 4.57 Å². The summed E-state index contributed by atoms with van der Waals surface area (Å²) in [6.45, 7) is 0. The summed E-state index contributed by atoms with van der Waals surface area (Å²) in [6.07, 6.45) is 0. The Labute approximate surface area is 89.9 Å². The van der Waals surface area contributed by atoms with E-state index in [0.717, 1.165) is 10.9 Å².